The fourth-order valence-electron chi connectivity index (χ4n) is 7.93. The SMILES string of the molecule is Cc1ccccc1NC(=O)Cn1c2c(sc1=O)C(c1cccs1)C1C3CC(C1S2)C1C(=O)N(c2ccc(Cl)cc2)C(=O)C31. The number of amides is 3. The van der Waals surface area contributed by atoms with Gasteiger partial charge in [0.1, 0.15) is 6.54 Å². The third-order valence-electron chi connectivity index (χ3n) is 9.60. The lowest BCUT2D eigenvalue weighted by atomic mass is 9.69. The number of carbonyl (C=O) groups is 3. The van der Waals surface area contributed by atoms with Gasteiger partial charge in [-0.2, -0.15) is 0 Å². The molecule has 7 atom stereocenters. The first-order valence-corrected chi connectivity index (χ1v) is 17.2. The highest BCUT2D eigenvalue weighted by Crippen LogP contribution is 2.69. The highest BCUT2D eigenvalue weighted by molar-refractivity contribution is 8.00. The second-order valence-corrected chi connectivity index (χ2v) is 15.3. The van der Waals surface area contributed by atoms with E-state index < -0.39 is 0 Å². The zero-order valence-electron chi connectivity index (χ0n) is 22.9. The molecule has 0 radical (unpaired) electrons. The lowest BCUT2D eigenvalue weighted by Crippen LogP contribution is -2.43. The molecule has 2 saturated carbocycles. The number of thioether (sulfide) groups is 1. The first-order valence-electron chi connectivity index (χ1n) is 14.2. The van der Waals surface area contributed by atoms with E-state index in [1.165, 1.54) is 16.2 Å². The predicted octanol–water partition coefficient (Wildman–Crippen LogP) is 6.25. The third-order valence-corrected chi connectivity index (χ3v) is 13.6. The number of imide groups is 1. The number of rotatable bonds is 5. The number of para-hydroxylation sites is 1. The van der Waals surface area contributed by atoms with Crippen LogP contribution in [0.4, 0.5) is 11.4 Å². The molecular weight excluding hydrogens is 622 g/mol. The minimum atomic E-state index is -0.379. The molecule has 43 heavy (non-hydrogen) atoms. The van der Waals surface area contributed by atoms with Crippen LogP contribution in [0.1, 0.15) is 27.7 Å². The first kappa shape index (κ1) is 27.4. The number of hydrogen-bond donors (Lipinski definition) is 1. The van der Waals surface area contributed by atoms with E-state index in [9.17, 15) is 19.2 Å². The minimum absolute atomic E-state index is 0.0126. The van der Waals surface area contributed by atoms with Crippen LogP contribution in [0.2, 0.25) is 5.02 Å². The summed E-state index contributed by atoms with van der Waals surface area (Å²) in [4.78, 5) is 57.8. The summed E-state index contributed by atoms with van der Waals surface area (Å²) in [6.45, 7) is 1.85. The molecule has 1 saturated heterocycles. The lowest BCUT2D eigenvalue weighted by molar-refractivity contribution is -0.123. The largest absolute Gasteiger partial charge is 0.324 e. The van der Waals surface area contributed by atoms with Crippen molar-refractivity contribution in [3.63, 3.8) is 0 Å². The Bertz CT molecular complexity index is 1850. The number of thiazole rings is 1. The average molecular weight is 648 g/mol. The Balaban J connectivity index is 1.16. The van der Waals surface area contributed by atoms with E-state index in [4.69, 9.17) is 11.6 Å². The van der Waals surface area contributed by atoms with Crippen LogP contribution in [-0.4, -0.2) is 27.5 Å². The van der Waals surface area contributed by atoms with Crippen LogP contribution in [0.3, 0.4) is 0 Å². The van der Waals surface area contributed by atoms with Crippen molar-refractivity contribution in [2.45, 2.75) is 36.1 Å². The van der Waals surface area contributed by atoms with Gasteiger partial charge in [0, 0.05) is 31.6 Å². The third kappa shape index (κ3) is 4.13. The number of anilines is 2. The summed E-state index contributed by atoms with van der Waals surface area (Å²) in [5.41, 5.74) is 2.24. The number of nitrogens with zero attached hydrogens (tertiary/aromatic N) is 2. The summed E-state index contributed by atoms with van der Waals surface area (Å²) >= 11 is 10.6. The lowest BCUT2D eigenvalue weighted by Gasteiger charge is -2.42. The molecule has 1 N–H and O–H groups in total. The molecule has 11 heteroatoms. The van der Waals surface area contributed by atoms with E-state index in [1.54, 1.807) is 51.9 Å². The maximum atomic E-state index is 13.9. The van der Waals surface area contributed by atoms with Crippen molar-refractivity contribution in [1.29, 1.82) is 0 Å². The van der Waals surface area contributed by atoms with Crippen molar-refractivity contribution >= 4 is 75.1 Å². The van der Waals surface area contributed by atoms with Gasteiger partial charge in [-0.25, -0.2) is 0 Å². The van der Waals surface area contributed by atoms with Crippen LogP contribution in [0.5, 0.6) is 0 Å². The quantitative estimate of drug-likeness (QED) is 0.259. The number of aryl methyl sites for hydroxylation is 1. The van der Waals surface area contributed by atoms with Gasteiger partial charge in [0.2, 0.25) is 17.7 Å². The molecule has 4 aromatic rings. The van der Waals surface area contributed by atoms with Crippen molar-refractivity contribution in [3.05, 3.63) is 96.1 Å². The highest BCUT2D eigenvalue weighted by Gasteiger charge is 2.70. The van der Waals surface area contributed by atoms with E-state index in [-0.39, 0.29) is 69.9 Å². The monoisotopic (exact) mass is 647 g/mol. The number of thiophene rings is 1. The van der Waals surface area contributed by atoms with Crippen LogP contribution >= 0.6 is 46.0 Å². The summed E-state index contributed by atoms with van der Waals surface area (Å²) in [5.74, 6) is -1.14. The molecule has 8 rings (SSSR count). The maximum Gasteiger partial charge on any atom is 0.308 e. The van der Waals surface area contributed by atoms with Crippen LogP contribution < -0.4 is 15.1 Å². The van der Waals surface area contributed by atoms with E-state index in [0.717, 1.165) is 32.5 Å². The number of halogens is 1. The van der Waals surface area contributed by atoms with Gasteiger partial charge in [0.15, 0.2) is 0 Å². The van der Waals surface area contributed by atoms with E-state index in [1.807, 2.05) is 42.6 Å². The maximum absolute atomic E-state index is 13.9. The van der Waals surface area contributed by atoms with Gasteiger partial charge in [0.05, 0.1) is 22.5 Å². The van der Waals surface area contributed by atoms with Gasteiger partial charge in [0.25, 0.3) is 0 Å². The van der Waals surface area contributed by atoms with Crippen LogP contribution in [0.15, 0.2) is 75.9 Å². The summed E-state index contributed by atoms with van der Waals surface area (Å²) in [7, 11) is 0. The average Bonchev–Trinajstić information content (AvgIpc) is 3.81. The number of fused-ring (bicyclic) bond motifs is 9. The van der Waals surface area contributed by atoms with Crippen LogP contribution in [0.25, 0.3) is 0 Å². The molecule has 218 valence electrons. The zero-order valence-corrected chi connectivity index (χ0v) is 26.1. The Hall–Kier alpha value is -3.18. The Morgan fingerprint density at radius 2 is 1.72 bits per heavy atom. The second-order valence-electron chi connectivity index (χ2n) is 11.7. The molecule has 4 aliphatic rings. The molecule has 2 aliphatic heterocycles. The van der Waals surface area contributed by atoms with Gasteiger partial charge < -0.3 is 5.32 Å². The van der Waals surface area contributed by atoms with Gasteiger partial charge in [-0.15, -0.1) is 23.1 Å². The smallest absolute Gasteiger partial charge is 0.308 e. The molecule has 2 aromatic heterocycles. The van der Waals surface area contributed by atoms with Gasteiger partial charge in [-0.3, -0.25) is 28.6 Å². The molecule has 3 amide bonds. The fraction of sp³-hybridized carbons (Fsp3) is 0.312. The van der Waals surface area contributed by atoms with Crippen molar-refractivity contribution in [2.75, 3.05) is 10.2 Å². The van der Waals surface area contributed by atoms with Crippen molar-refractivity contribution in [1.82, 2.24) is 4.57 Å². The molecule has 7 unspecified atom stereocenters. The molecule has 2 bridgehead atoms. The summed E-state index contributed by atoms with van der Waals surface area (Å²) in [6, 6.07) is 18.6. The van der Waals surface area contributed by atoms with Crippen LogP contribution in [-0.2, 0) is 20.9 Å². The standard InChI is InChI=1S/C32H26ClN3O4S3/c1-15-5-2-3-6-20(15)34-22(37)14-35-31-28(43-32(35)40)26(21-7-4-12-41-21)23-18-13-19(27(23)42-31)25-24(18)29(38)36(30(25)39)17-10-8-16(33)9-11-17/h2-12,18-19,23-27H,13-14H2,1H3,(H,34,37). The predicted molar refractivity (Wildman–Crippen MR) is 170 cm³/mol. The highest BCUT2D eigenvalue weighted by atomic mass is 35.5. The summed E-state index contributed by atoms with van der Waals surface area (Å²) in [6.07, 6.45) is 0.818. The Morgan fingerprint density at radius 1 is 0.977 bits per heavy atom. The van der Waals surface area contributed by atoms with Crippen molar-refractivity contribution < 1.29 is 14.4 Å². The molecule has 7 nitrogen and oxygen atoms in total. The molecular formula is C32H26ClN3O4S3. The number of benzene rings is 2. The Labute approximate surface area is 264 Å². The normalized spacial score (nSPS) is 28.6. The van der Waals surface area contributed by atoms with E-state index in [0.29, 0.717) is 10.7 Å². The van der Waals surface area contributed by atoms with Crippen molar-refractivity contribution in [3.8, 4) is 0 Å². The van der Waals surface area contributed by atoms with Gasteiger partial charge in [-0.1, -0.05) is 47.2 Å². The molecule has 2 aliphatic carbocycles. The number of aromatic nitrogens is 1. The van der Waals surface area contributed by atoms with E-state index in [2.05, 4.69) is 11.4 Å². The van der Waals surface area contributed by atoms with Gasteiger partial charge in [-0.05, 0) is 78.4 Å². The Kier molecular flexibility index (Phi) is 6.49. The topological polar surface area (TPSA) is 88.5 Å². The number of hydrogen-bond acceptors (Lipinski definition) is 7. The minimum Gasteiger partial charge on any atom is -0.324 e. The first-order chi connectivity index (χ1) is 20.8. The fourth-order valence-corrected chi connectivity index (χ4v) is 12.2. The van der Waals surface area contributed by atoms with Crippen LogP contribution in [0, 0.1) is 36.5 Å². The second kappa shape index (κ2) is 10.2. The number of nitrogens with one attached hydrogen (secondary N) is 1. The molecule has 3 fully saturated rings. The van der Waals surface area contributed by atoms with Gasteiger partial charge >= 0.3 is 4.87 Å². The summed E-state index contributed by atoms with van der Waals surface area (Å²) in [5, 5.41) is 6.44. The number of carbonyl (C=O) groups excluding carboxylic acids is 3. The zero-order chi connectivity index (χ0) is 29.6. The molecule has 2 aromatic carbocycles. The Morgan fingerprint density at radius 3 is 2.44 bits per heavy atom. The van der Waals surface area contributed by atoms with E-state index >= 15 is 0 Å². The summed E-state index contributed by atoms with van der Waals surface area (Å²) < 4.78 is 1.61. The molecule has 4 heterocycles. The molecule has 0 spiro atoms. The van der Waals surface area contributed by atoms with Crippen molar-refractivity contribution in [2.24, 2.45) is 29.6 Å².